The Labute approximate surface area is 139 Å². The Hall–Kier alpha value is -1.47. The van der Waals surface area contributed by atoms with Gasteiger partial charge in [0.05, 0.1) is 18.6 Å². The van der Waals surface area contributed by atoms with Crippen LogP contribution >= 0.6 is 0 Å². The molecule has 1 unspecified atom stereocenters. The molecule has 0 fully saturated rings. The number of aldehydes is 1. The molecule has 0 aromatic rings. The van der Waals surface area contributed by atoms with Gasteiger partial charge in [0.2, 0.25) is 11.8 Å². The van der Waals surface area contributed by atoms with Crippen LogP contribution in [-0.4, -0.2) is 54.7 Å². The van der Waals surface area contributed by atoms with Gasteiger partial charge in [0.1, 0.15) is 6.29 Å². The maximum atomic E-state index is 11.5. The molecule has 0 aromatic heterocycles. The molecule has 3 atom stereocenters. The molecule has 0 aliphatic carbocycles. The number of hydrogen-bond donors (Lipinski definition) is 3. The van der Waals surface area contributed by atoms with Crippen molar-refractivity contribution in [2.75, 3.05) is 13.6 Å². The van der Waals surface area contributed by atoms with Crippen molar-refractivity contribution < 1.29 is 14.4 Å². The minimum absolute atomic E-state index is 0.229. The molecule has 7 nitrogen and oxygen atoms in total. The average Bonchev–Trinajstić information content (AvgIpc) is 2.48. The predicted octanol–water partition coefficient (Wildman–Crippen LogP) is 0.164. The van der Waals surface area contributed by atoms with Crippen molar-refractivity contribution in [1.82, 2.24) is 10.2 Å². The third-order valence-corrected chi connectivity index (χ3v) is 3.88. The lowest BCUT2D eigenvalue weighted by atomic mass is 10.00. The Morgan fingerprint density at radius 1 is 1.22 bits per heavy atom. The second-order valence-corrected chi connectivity index (χ2v) is 6.15. The molecule has 0 aliphatic rings. The van der Waals surface area contributed by atoms with E-state index in [2.05, 4.69) is 12.2 Å². The lowest BCUT2D eigenvalue weighted by molar-refractivity contribution is -0.125. The maximum Gasteiger partial charge on any atom is 0.237 e. The predicted molar refractivity (Wildman–Crippen MR) is 90.6 cm³/mol. The first kappa shape index (κ1) is 21.5. The number of nitrogens with one attached hydrogen (secondary N) is 1. The Balaban J connectivity index is 4.38. The van der Waals surface area contributed by atoms with E-state index in [1.54, 1.807) is 6.92 Å². The average molecular weight is 328 g/mol. The number of carbonyl (C=O) groups excluding carboxylic acids is 3. The number of primary amides is 1. The van der Waals surface area contributed by atoms with Gasteiger partial charge in [-0.1, -0.05) is 19.8 Å². The fraction of sp³-hybridized carbons (Fsp3) is 0.812. The number of likely N-dealkylation sites (N-methyl/N-ethyl adjacent to an activating group) is 1. The molecule has 134 valence electrons. The molecular formula is C16H32N4O3. The number of amides is 2. The van der Waals surface area contributed by atoms with Crippen LogP contribution in [0.5, 0.6) is 0 Å². The molecule has 0 spiro atoms. The first-order valence-corrected chi connectivity index (χ1v) is 8.31. The van der Waals surface area contributed by atoms with Crippen LogP contribution in [0.2, 0.25) is 0 Å². The molecule has 2 amide bonds. The van der Waals surface area contributed by atoms with Gasteiger partial charge >= 0.3 is 0 Å². The SMILES string of the molecule is CCCC[C@H](CCCC(C=O)NC(=O)[C@H](C)N)N(C)CC(N)=O. The van der Waals surface area contributed by atoms with Crippen LogP contribution in [0, 0.1) is 0 Å². The van der Waals surface area contributed by atoms with Gasteiger partial charge < -0.3 is 21.6 Å². The second-order valence-electron chi connectivity index (χ2n) is 6.15. The second kappa shape index (κ2) is 12.0. The number of unbranched alkanes of at least 4 members (excludes halogenated alkanes) is 1. The van der Waals surface area contributed by atoms with Crippen molar-refractivity contribution in [2.24, 2.45) is 11.5 Å². The van der Waals surface area contributed by atoms with E-state index >= 15 is 0 Å². The molecule has 0 radical (unpaired) electrons. The number of nitrogens with zero attached hydrogens (tertiary/aromatic N) is 1. The molecule has 0 bridgehead atoms. The third kappa shape index (κ3) is 10.0. The summed E-state index contributed by atoms with van der Waals surface area (Å²) in [7, 11) is 1.89. The van der Waals surface area contributed by atoms with E-state index in [0.717, 1.165) is 38.4 Å². The summed E-state index contributed by atoms with van der Waals surface area (Å²) in [6, 6.07) is -0.892. The Kier molecular flexibility index (Phi) is 11.2. The lowest BCUT2D eigenvalue weighted by Crippen LogP contribution is -2.44. The molecule has 0 heterocycles. The third-order valence-electron chi connectivity index (χ3n) is 3.88. The van der Waals surface area contributed by atoms with E-state index in [-0.39, 0.29) is 24.4 Å². The highest BCUT2D eigenvalue weighted by molar-refractivity contribution is 5.83. The van der Waals surface area contributed by atoms with Crippen molar-refractivity contribution in [2.45, 2.75) is 70.5 Å². The van der Waals surface area contributed by atoms with Gasteiger partial charge in [-0.3, -0.25) is 14.5 Å². The van der Waals surface area contributed by atoms with Crippen LogP contribution < -0.4 is 16.8 Å². The van der Waals surface area contributed by atoms with Crippen molar-refractivity contribution in [3.63, 3.8) is 0 Å². The Bertz CT molecular complexity index is 374. The van der Waals surface area contributed by atoms with Gasteiger partial charge in [-0.05, 0) is 39.7 Å². The lowest BCUT2D eigenvalue weighted by Gasteiger charge is -2.27. The molecule has 0 aliphatic heterocycles. The van der Waals surface area contributed by atoms with Crippen LogP contribution in [0.4, 0.5) is 0 Å². The topological polar surface area (TPSA) is 119 Å². The Morgan fingerprint density at radius 2 is 1.83 bits per heavy atom. The van der Waals surface area contributed by atoms with Crippen LogP contribution in [-0.2, 0) is 14.4 Å². The first-order chi connectivity index (χ1) is 10.8. The number of carbonyl (C=O) groups is 3. The van der Waals surface area contributed by atoms with Crippen LogP contribution in [0.15, 0.2) is 0 Å². The number of hydrogen-bond acceptors (Lipinski definition) is 5. The van der Waals surface area contributed by atoms with E-state index < -0.39 is 12.1 Å². The van der Waals surface area contributed by atoms with Crippen LogP contribution in [0.25, 0.3) is 0 Å². The van der Waals surface area contributed by atoms with E-state index in [4.69, 9.17) is 11.5 Å². The first-order valence-electron chi connectivity index (χ1n) is 8.31. The molecular weight excluding hydrogens is 296 g/mol. The smallest absolute Gasteiger partial charge is 0.237 e. The van der Waals surface area contributed by atoms with E-state index in [0.29, 0.717) is 6.42 Å². The van der Waals surface area contributed by atoms with E-state index in [1.165, 1.54) is 0 Å². The van der Waals surface area contributed by atoms with Crippen molar-refractivity contribution >= 4 is 18.1 Å². The summed E-state index contributed by atoms with van der Waals surface area (Å²) in [4.78, 5) is 35.6. The van der Waals surface area contributed by atoms with Crippen molar-refractivity contribution in [3.05, 3.63) is 0 Å². The zero-order chi connectivity index (χ0) is 17.8. The minimum atomic E-state index is -0.628. The van der Waals surface area contributed by atoms with E-state index in [1.807, 2.05) is 11.9 Å². The standard InChI is InChI=1S/C16H32N4O3/c1-4-5-8-14(20(3)10-15(18)22)9-6-7-13(11-21)19-16(23)12(2)17/h11-14H,4-10,17H2,1-3H3,(H2,18,22)(H,19,23)/t12-,13?,14+/m0/s1. The van der Waals surface area contributed by atoms with Crippen molar-refractivity contribution in [1.29, 1.82) is 0 Å². The van der Waals surface area contributed by atoms with Gasteiger partial charge in [-0.25, -0.2) is 0 Å². The normalized spacial score (nSPS) is 15.0. The summed E-state index contributed by atoms with van der Waals surface area (Å²) in [5.74, 6) is -0.667. The summed E-state index contributed by atoms with van der Waals surface area (Å²) in [5, 5.41) is 2.62. The van der Waals surface area contributed by atoms with Gasteiger partial charge in [0.25, 0.3) is 0 Å². The summed E-state index contributed by atoms with van der Waals surface area (Å²) in [5.41, 5.74) is 10.7. The fourth-order valence-corrected chi connectivity index (χ4v) is 2.46. The molecule has 5 N–H and O–H groups in total. The van der Waals surface area contributed by atoms with Gasteiger partial charge in [0, 0.05) is 6.04 Å². The maximum absolute atomic E-state index is 11.5. The molecule has 7 heteroatoms. The molecule has 0 aromatic carbocycles. The highest BCUT2D eigenvalue weighted by atomic mass is 16.2. The molecule has 0 saturated carbocycles. The zero-order valence-corrected chi connectivity index (χ0v) is 14.6. The Morgan fingerprint density at radius 3 is 2.30 bits per heavy atom. The highest BCUT2D eigenvalue weighted by Crippen LogP contribution is 2.15. The van der Waals surface area contributed by atoms with Gasteiger partial charge in [-0.2, -0.15) is 0 Å². The zero-order valence-electron chi connectivity index (χ0n) is 14.6. The summed E-state index contributed by atoms with van der Waals surface area (Å²) in [6.07, 6.45) is 6.08. The summed E-state index contributed by atoms with van der Waals surface area (Å²) in [6.45, 7) is 3.93. The fourth-order valence-electron chi connectivity index (χ4n) is 2.46. The summed E-state index contributed by atoms with van der Waals surface area (Å²) < 4.78 is 0. The summed E-state index contributed by atoms with van der Waals surface area (Å²) >= 11 is 0. The molecule has 0 saturated heterocycles. The van der Waals surface area contributed by atoms with E-state index in [9.17, 15) is 14.4 Å². The highest BCUT2D eigenvalue weighted by Gasteiger charge is 2.18. The van der Waals surface area contributed by atoms with Crippen molar-refractivity contribution in [3.8, 4) is 0 Å². The molecule has 23 heavy (non-hydrogen) atoms. The number of rotatable bonds is 13. The number of nitrogens with two attached hydrogens (primary N) is 2. The molecule has 0 rings (SSSR count). The largest absolute Gasteiger partial charge is 0.369 e. The minimum Gasteiger partial charge on any atom is -0.369 e. The monoisotopic (exact) mass is 328 g/mol. The van der Waals surface area contributed by atoms with Gasteiger partial charge in [0.15, 0.2) is 0 Å². The van der Waals surface area contributed by atoms with Crippen LogP contribution in [0.1, 0.15) is 52.4 Å². The van der Waals surface area contributed by atoms with Gasteiger partial charge in [-0.15, -0.1) is 0 Å². The van der Waals surface area contributed by atoms with Crippen LogP contribution in [0.3, 0.4) is 0 Å². The quantitative estimate of drug-likeness (QED) is 0.416.